The van der Waals surface area contributed by atoms with Gasteiger partial charge in [0.25, 0.3) is 0 Å². The summed E-state index contributed by atoms with van der Waals surface area (Å²) in [4.78, 5) is 10.6. The van der Waals surface area contributed by atoms with E-state index in [1.807, 2.05) is 0 Å². The molecule has 0 heterocycles. The zero-order chi connectivity index (χ0) is 16.4. The van der Waals surface area contributed by atoms with Crippen LogP contribution in [0.5, 0.6) is 5.75 Å². The molecular weight excluding hydrogens is 306 g/mol. The Kier molecular flexibility index (Phi) is 7.69. The standard InChI is InChI=1S/C14H23N3O4S/c1-21-14-7-5-12(6-8-14)17-22(19,20)10-13(16-11-18)4-2-3-9-15/h5-8,11,13,17H,2-4,9-10,15H2,1H3,(H,16,18). The Morgan fingerprint density at radius 3 is 2.50 bits per heavy atom. The number of nitrogens with one attached hydrogen (secondary N) is 2. The van der Waals surface area contributed by atoms with Gasteiger partial charge in [0.1, 0.15) is 5.75 Å². The van der Waals surface area contributed by atoms with Gasteiger partial charge in [0.15, 0.2) is 0 Å². The second-order valence-corrected chi connectivity index (χ2v) is 6.64. The van der Waals surface area contributed by atoms with Gasteiger partial charge in [0, 0.05) is 11.7 Å². The summed E-state index contributed by atoms with van der Waals surface area (Å²) in [5.41, 5.74) is 5.86. The number of nitrogens with two attached hydrogens (primary N) is 1. The maximum atomic E-state index is 12.1. The molecule has 0 bridgehead atoms. The van der Waals surface area contributed by atoms with Crippen molar-refractivity contribution in [3.8, 4) is 5.75 Å². The van der Waals surface area contributed by atoms with Gasteiger partial charge in [0.2, 0.25) is 16.4 Å². The van der Waals surface area contributed by atoms with Crippen molar-refractivity contribution in [3.05, 3.63) is 24.3 Å². The Balaban J connectivity index is 2.63. The predicted octanol–water partition coefficient (Wildman–Crippen LogP) is 0.681. The Morgan fingerprint density at radius 2 is 1.95 bits per heavy atom. The molecule has 7 nitrogen and oxygen atoms in total. The predicted molar refractivity (Wildman–Crippen MR) is 86.3 cm³/mol. The zero-order valence-corrected chi connectivity index (χ0v) is 13.4. The smallest absolute Gasteiger partial charge is 0.234 e. The minimum atomic E-state index is -3.56. The minimum absolute atomic E-state index is 0.178. The number of anilines is 1. The van der Waals surface area contributed by atoms with Crippen LogP contribution in [0.4, 0.5) is 5.69 Å². The number of carbonyl (C=O) groups excluding carboxylic acids is 1. The Labute approximate surface area is 131 Å². The van der Waals surface area contributed by atoms with E-state index in [2.05, 4.69) is 10.0 Å². The fourth-order valence-electron chi connectivity index (χ4n) is 1.99. The van der Waals surface area contributed by atoms with Crippen LogP contribution in [-0.2, 0) is 14.8 Å². The van der Waals surface area contributed by atoms with E-state index in [1.165, 1.54) is 7.11 Å². The summed E-state index contributed by atoms with van der Waals surface area (Å²) in [6, 6.07) is 6.14. The normalized spacial score (nSPS) is 12.5. The second kappa shape index (κ2) is 9.26. The monoisotopic (exact) mass is 329 g/mol. The molecule has 0 radical (unpaired) electrons. The van der Waals surface area contributed by atoms with Crippen LogP contribution < -0.4 is 20.5 Å². The van der Waals surface area contributed by atoms with Crippen LogP contribution in [-0.4, -0.2) is 40.3 Å². The van der Waals surface area contributed by atoms with Crippen LogP contribution in [0.1, 0.15) is 19.3 Å². The van der Waals surface area contributed by atoms with E-state index in [-0.39, 0.29) is 5.75 Å². The molecule has 1 atom stereocenters. The highest BCUT2D eigenvalue weighted by atomic mass is 32.2. The summed E-state index contributed by atoms with van der Waals surface area (Å²) < 4.78 is 31.8. The first-order valence-corrected chi connectivity index (χ1v) is 8.70. The molecule has 4 N–H and O–H groups in total. The molecule has 0 aromatic heterocycles. The average Bonchev–Trinajstić information content (AvgIpc) is 2.47. The largest absolute Gasteiger partial charge is 0.497 e. The van der Waals surface area contributed by atoms with Gasteiger partial charge in [-0.25, -0.2) is 8.42 Å². The van der Waals surface area contributed by atoms with Crippen LogP contribution in [0.25, 0.3) is 0 Å². The molecule has 0 saturated heterocycles. The lowest BCUT2D eigenvalue weighted by molar-refractivity contribution is -0.110. The van der Waals surface area contributed by atoms with Crippen LogP contribution in [0.3, 0.4) is 0 Å². The third kappa shape index (κ3) is 6.77. The number of hydrogen-bond acceptors (Lipinski definition) is 5. The molecule has 1 amide bonds. The fourth-order valence-corrected chi connectivity index (χ4v) is 3.36. The lowest BCUT2D eigenvalue weighted by Crippen LogP contribution is -2.37. The topological polar surface area (TPSA) is 111 Å². The molecule has 1 unspecified atom stereocenters. The van der Waals surface area contributed by atoms with Crippen molar-refractivity contribution in [2.45, 2.75) is 25.3 Å². The first-order chi connectivity index (χ1) is 10.5. The van der Waals surface area contributed by atoms with Crippen molar-refractivity contribution in [1.29, 1.82) is 0 Å². The second-order valence-electron chi connectivity index (χ2n) is 4.88. The summed E-state index contributed by atoms with van der Waals surface area (Å²) in [6.07, 6.45) is 2.65. The summed E-state index contributed by atoms with van der Waals surface area (Å²) in [6.45, 7) is 0.546. The van der Waals surface area contributed by atoms with Gasteiger partial charge in [-0.05, 0) is 43.7 Å². The van der Waals surface area contributed by atoms with Gasteiger partial charge in [0.05, 0.1) is 12.9 Å². The molecule has 1 aromatic carbocycles. The molecule has 0 fully saturated rings. The third-order valence-electron chi connectivity index (χ3n) is 3.09. The van der Waals surface area contributed by atoms with Gasteiger partial charge in [-0.1, -0.05) is 6.42 Å². The lowest BCUT2D eigenvalue weighted by atomic mass is 10.1. The van der Waals surface area contributed by atoms with E-state index in [4.69, 9.17) is 10.5 Å². The number of methoxy groups -OCH3 is 1. The molecule has 22 heavy (non-hydrogen) atoms. The van der Waals surface area contributed by atoms with Crippen molar-refractivity contribution in [2.75, 3.05) is 24.1 Å². The van der Waals surface area contributed by atoms with E-state index < -0.39 is 16.1 Å². The highest BCUT2D eigenvalue weighted by Gasteiger charge is 2.18. The summed E-state index contributed by atoms with van der Waals surface area (Å²) in [5, 5.41) is 2.54. The number of sulfonamides is 1. The van der Waals surface area contributed by atoms with E-state index in [9.17, 15) is 13.2 Å². The summed E-state index contributed by atoms with van der Waals surface area (Å²) in [5.74, 6) is 0.465. The van der Waals surface area contributed by atoms with Crippen molar-refractivity contribution in [3.63, 3.8) is 0 Å². The molecule has 8 heteroatoms. The average molecular weight is 329 g/mol. The number of hydrogen-bond donors (Lipinski definition) is 3. The quantitative estimate of drug-likeness (QED) is 0.408. The summed E-state index contributed by atoms with van der Waals surface area (Å²) in [7, 11) is -2.02. The van der Waals surface area contributed by atoms with Gasteiger partial charge in [-0.3, -0.25) is 9.52 Å². The summed E-state index contributed by atoms with van der Waals surface area (Å²) >= 11 is 0. The number of ether oxygens (including phenoxy) is 1. The van der Waals surface area contributed by atoms with Crippen LogP contribution in [0.2, 0.25) is 0 Å². The molecule has 0 saturated carbocycles. The number of unbranched alkanes of at least 4 members (excludes halogenated alkanes) is 1. The fraction of sp³-hybridized carbons (Fsp3) is 0.500. The SMILES string of the molecule is COc1ccc(NS(=O)(=O)CC(CCCCN)NC=O)cc1. The van der Waals surface area contributed by atoms with Crippen LogP contribution in [0, 0.1) is 0 Å². The Morgan fingerprint density at radius 1 is 1.27 bits per heavy atom. The molecule has 0 aliphatic heterocycles. The Hall–Kier alpha value is -1.80. The zero-order valence-electron chi connectivity index (χ0n) is 12.6. The van der Waals surface area contributed by atoms with Gasteiger partial charge >= 0.3 is 0 Å². The minimum Gasteiger partial charge on any atom is -0.497 e. The van der Waals surface area contributed by atoms with E-state index in [1.54, 1.807) is 24.3 Å². The van der Waals surface area contributed by atoms with Crippen molar-refractivity contribution in [2.24, 2.45) is 5.73 Å². The van der Waals surface area contributed by atoms with Gasteiger partial charge in [-0.15, -0.1) is 0 Å². The number of carbonyl (C=O) groups is 1. The highest BCUT2D eigenvalue weighted by Crippen LogP contribution is 2.16. The highest BCUT2D eigenvalue weighted by molar-refractivity contribution is 7.92. The number of rotatable bonds is 11. The van der Waals surface area contributed by atoms with Crippen molar-refractivity contribution < 1.29 is 17.9 Å². The number of benzene rings is 1. The number of amides is 1. The van der Waals surface area contributed by atoms with Crippen LogP contribution in [0.15, 0.2) is 24.3 Å². The lowest BCUT2D eigenvalue weighted by Gasteiger charge is -2.17. The molecule has 0 aliphatic carbocycles. The molecule has 0 aliphatic rings. The maximum Gasteiger partial charge on any atom is 0.234 e. The Bertz CT molecular complexity index is 546. The molecule has 124 valence electrons. The first kappa shape index (κ1) is 18.2. The molecular formula is C14H23N3O4S. The van der Waals surface area contributed by atoms with Gasteiger partial charge < -0.3 is 15.8 Å². The van der Waals surface area contributed by atoms with Gasteiger partial charge in [-0.2, -0.15) is 0 Å². The molecule has 1 aromatic rings. The van der Waals surface area contributed by atoms with Crippen molar-refractivity contribution >= 4 is 22.1 Å². The van der Waals surface area contributed by atoms with Crippen molar-refractivity contribution in [1.82, 2.24) is 5.32 Å². The first-order valence-electron chi connectivity index (χ1n) is 7.05. The van der Waals surface area contributed by atoms with E-state index in [0.29, 0.717) is 30.8 Å². The van der Waals surface area contributed by atoms with Crippen LogP contribution >= 0.6 is 0 Å². The molecule has 1 rings (SSSR count). The molecule has 0 spiro atoms. The van der Waals surface area contributed by atoms with E-state index >= 15 is 0 Å². The third-order valence-corrected chi connectivity index (χ3v) is 4.48. The maximum absolute atomic E-state index is 12.1. The van der Waals surface area contributed by atoms with E-state index in [0.717, 1.165) is 12.8 Å².